The standard InChI is InChI=1S/C21H22O3/c1-13(2)17-7-5-16(6-8-17)12-23-18-9-10-19-14(3)15(4)21(22)24-20(19)11-18/h5-11,13H,12H2,1-4H3. The van der Waals surface area contributed by atoms with Crippen LogP contribution in [-0.2, 0) is 6.61 Å². The van der Waals surface area contributed by atoms with Gasteiger partial charge in [-0.2, -0.15) is 0 Å². The van der Waals surface area contributed by atoms with Gasteiger partial charge in [-0.15, -0.1) is 0 Å². The summed E-state index contributed by atoms with van der Waals surface area (Å²) in [6, 6.07) is 14.1. The van der Waals surface area contributed by atoms with Crippen molar-refractivity contribution in [2.24, 2.45) is 0 Å². The predicted octanol–water partition coefficient (Wildman–Crippen LogP) is 5.11. The number of ether oxygens (including phenoxy) is 1. The van der Waals surface area contributed by atoms with Crippen molar-refractivity contribution in [3.63, 3.8) is 0 Å². The lowest BCUT2D eigenvalue weighted by atomic mass is 10.0. The number of benzene rings is 2. The Morgan fingerprint density at radius 2 is 1.71 bits per heavy atom. The van der Waals surface area contributed by atoms with E-state index in [9.17, 15) is 4.79 Å². The highest BCUT2D eigenvalue weighted by atomic mass is 16.5. The number of aryl methyl sites for hydroxylation is 1. The smallest absolute Gasteiger partial charge is 0.339 e. The van der Waals surface area contributed by atoms with E-state index in [1.165, 1.54) is 5.56 Å². The van der Waals surface area contributed by atoms with Crippen LogP contribution in [0.2, 0.25) is 0 Å². The molecule has 0 saturated heterocycles. The van der Waals surface area contributed by atoms with Crippen LogP contribution in [0.5, 0.6) is 5.75 Å². The fraction of sp³-hybridized carbons (Fsp3) is 0.286. The van der Waals surface area contributed by atoms with Gasteiger partial charge in [-0.25, -0.2) is 4.79 Å². The van der Waals surface area contributed by atoms with Crippen molar-refractivity contribution in [1.82, 2.24) is 0 Å². The molecule has 0 bridgehead atoms. The van der Waals surface area contributed by atoms with Gasteiger partial charge in [0.1, 0.15) is 17.9 Å². The van der Waals surface area contributed by atoms with Gasteiger partial charge in [0.15, 0.2) is 0 Å². The molecule has 2 aromatic carbocycles. The second kappa shape index (κ2) is 6.52. The molecule has 1 aromatic heterocycles. The first-order chi connectivity index (χ1) is 11.5. The van der Waals surface area contributed by atoms with Crippen molar-refractivity contribution >= 4 is 11.0 Å². The summed E-state index contributed by atoms with van der Waals surface area (Å²) in [6.45, 7) is 8.56. The summed E-state index contributed by atoms with van der Waals surface area (Å²) in [4.78, 5) is 11.8. The first-order valence-electron chi connectivity index (χ1n) is 8.21. The minimum absolute atomic E-state index is 0.290. The van der Waals surface area contributed by atoms with Gasteiger partial charge in [0, 0.05) is 17.0 Å². The molecule has 3 nitrogen and oxygen atoms in total. The normalized spacial score (nSPS) is 11.2. The first kappa shape index (κ1) is 16.3. The zero-order valence-electron chi connectivity index (χ0n) is 14.6. The summed E-state index contributed by atoms with van der Waals surface area (Å²) in [5.41, 5.74) is 4.31. The first-order valence-corrected chi connectivity index (χ1v) is 8.21. The minimum Gasteiger partial charge on any atom is -0.489 e. The van der Waals surface area contributed by atoms with Crippen molar-refractivity contribution in [3.05, 3.63) is 75.1 Å². The highest BCUT2D eigenvalue weighted by Crippen LogP contribution is 2.24. The summed E-state index contributed by atoms with van der Waals surface area (Å²) in [5, 5.41) is 0.945. The van der Waals surface area contributed by atoms with E-state index in [2.05, 4.69) is 38.1 Å². The Morgan fingerprint density at radius 1 is 1.00 bits per heavy atom. The zero-order chi connectivity index (χ0) is 17.3. The van der Waals surface area contributed by atoms with Crippen LogP contribution >= 0.6 is 0 Å². The van der Waals surface area contributed by atoms with Gasteiger partial charge in [-0.1, -0.05) is 38.1 Å². The average Bonchev–Trinajstić information content (AvgIpc) is 2.58. The van der Waals surface area contributed by atoms with E-state index in [0.29, 0.717) is 29.4 Å². The maximum atomic E-state index is 11.8. The van der Waals surface area contributed by atoms with Crippen LogP contribution in [0.25, 0.3) is 11.0 Å². The molecule has 0 atom stereocenters. The highest BCUT2D eigenvalue weighted by Gasteiger charge is 2.08. The van der Waals surface area contributed by atoms with Gasteiger partial charge in [0.25, 0.3) is 0 Å². The second-order valence-corrected chi connectivity index (χ2v) is 6.48. The molecule has 0 aliphatic carbocycles. The molecule has 3 heteroatoms. The van der Waals surface area contributed by atoms with Gasteiger partial charge < -0.3 is 9.15 Å². The Kier molecular flexibility index (Phi) is 4.43. The molecule has 0 radical (unpaired) electrons. The fourth-order valence-corrected chi connectivity index (χ4v) is 2.68. The summed E-state index contributed by atoms with van der Waals surface area (Å²) in [7, 11) is 0. The van der Waals surface area contributed by atoms with Crippen molar-refractivity contribution in [2.75, 3.05) is 0 Å². The number of hydrogen-bond donors (Lipinski definition) is 0. The van der Waals surface area contributed by atoms with Crippen LogP contribution < -0.4 is 10.4 Å². The minimum atomic E-state index is -0.290. The number of hydrogen-bond acceptors (Lipinski definition) is 3. The maximum Gasteiger partial charge on any atom is 0.339 e. The van der Waals surface area contributed by atoms with Crippen molar-refractivity contribution in [2.45, 2.75) is 40.2 Å². The molecule has 24 heavy (non-hydrogen) atoms. The number of fused-ring (bicyclic) bond motifs is 1. The number of rotatable bonds is 4. The van der Waals surface area contributed by atoms with Crippen molar-refractivity contribution in [3.8, 4) is 5.75 Å². The van der Waals surface area contributed by atoms with E-state index in [4.69, 9.17) is 9.15 Å². The summed E-state index contributed by atoms with van der Waals surface area (Å²) < 4.78 is 11.2. The van der Waals surface area contributed by atoms with Crippen molar-refractivity contribution < 1.29 is 9.15 Å². The van der Waals surface area contributed by atoms with Crippen LogP contribution in [0, 0.1) is 13.8 Å². The van der Waals surface area contributed by atoms with E-state index >= 15 is 0 Å². The Bertz CT molecular complexity index is 918. The van der Waals surface area contributed by atoms with Crippen molar-refractivity contribution in [1.29, 1.82) is 0 Å². The molecule has 0 amide bonds. The van der Waals surface area contributed by atoms with Gasteiger partial charge in [0.05, 0.1) is 0 Å². The molecule has 0 unspecified atom stereocenters. The van der Waals surface area contributed by atoms with E-state index in [1.54, 1.807) is 13.0 Å². The molecule has 3 aromatic rings. The van der Waals surface area contributed by atoms with Gasteiger partial charge in [0.2, 0.25) is 0 Å². The molecule has 124 valence electrons. The molecular formula is C21H22O3. The van der Waals surface area contributed by atoms with Crippen LogP contribution in [0.3, 0.4) is 0 Å². The third-order valence-corrected chi connectivity index (χ3v) is 4.48. The van der Waals surface area contributed by atoms with E-state index in [-0.39, 0.29) is 5.63 Å². The zero-order valence-corrected chi connectivity index (χ0v) is 14.6. The molecule has 0 saturated carbocycles. The second-order valence-electron chi connectivity index (χ2n) is 6.48. The van der Waals surface area contributed by atoms with Gasteiger partial charge in [-0.05, 0) is 48.6 Å². The monoisotopic (exact) mass is 322 g/mol. The van der Waals surface area contributed by atoms with Crippen LogP contribution in [0.1, 0.15) is 42.0 Å². The lowest BCUT2D eigenvalue weighted by molar-refractivity contribution is 0.306. The quantitative estimate of drug-likeness (QED) is 0.626. The molecule has 1 heterocycles. The average molecular weight is 322 g/mol. The maximum absolute atomic E-state index is 11.8. The Labute approximate surface area is 141 Å². The lowest BCUT2D eigenvalue weighted by Gasteiger charge is -2.10. The Morgan fingerprint density at radius 3 is 2.38 bits per heavy atom. The summed E-state index contributed by atoms with van der Waals surface area (Å²) in [5.74, 6) is 1.22. The SMILES string of the molecule is Cc1c(C)c2ccc(OCc3ccc(C(C)C)cc3)cc2oc1=O. The van der Waals surface area contributed by atoms with Crippen LogP contribution in [0.15, 0.2) is 51.7 Å². The molecule has 0 aliphatic rings. The van der Waals surface area contributed by atoms with Gasteiger partial charge in [-0.3, -0.25) is 0 Å². The van der Waals surface area contributed by atoms with E-state index in [1.807, 2.05) is 19.1 Å². The van der Waals surface area contributed by atoms with Crippen LogP contribution in [0.4, 0.5) is 0 Å². The lowest BCUT2D eigenvalue weighted by Crippen LogP contribution is -2.05. The molecule has 0 aliphatic heterocycles. The largest absolute Gasteiger partial charge is 0.489 e. The molecular weight excluding hydrogens is 300 g/mol. The Hall–Kier alpha value is -2.55. The topological polar surface area (TPSA) is 39.4 Å². The highest BCUT2D eigenvalue weighted by molar-refractivity contribution is 5.82. The summed E-state index contributed by atoms with van der Waals surface area (Å²) in [6.07, 6.45) is 0. The van der Waals surface area contributed by atoms with E-state index < -0.39 is 0 Å². The fourth-order valence-electron chi connectivity index (χ4n) is 2.68. The van der Waals surface area contributed by atoms with E-state index in [0.717, 1.165) is 16.5 Å². The van der Waals surface area contributed by atoms with Gasteiger partial charge >= 0.3 is 5.63 Å². The Balaban J connectivity index is 1.80. The molecule has 0 N–H and O–H groups in total. The van der Waals surface area contributed by atoms with Crippen LogP contribution in [-0.4, -0.2) is 0 Å². The summed E-state index contributed by atoms with van der Waals surface area (Å²) >= 11 is 0. The third-order valence-electron chi connectivity index (χ3n) is 4.48. The molecule has 0 fully saturated rings. The molecule has 3 rings (SSSR count). The molecule has 0 spiro atoms. The predicted molar refractivity (Wildman–Crippen MR) is 96.8 cm³/mol. The third kappa shape index (κ3) is 3.21.